The lowest BCUT2D eigenvalue weighted by Gasteiger charge is -2.40. The molecule has 1 atom stereocenters. The molecule has 0 N–H and O–H groups in total. The zero-order valence-corrected chi connectivity index (χ0v) is 15.7. The van der Waals surface area contributed by atoms with Gasteiger partial charge >= 0.3 is 13.1 Å². The van der Waals surface area contributed by atoms with Crippen LogP contribution in [0.3, 0.4) is 0 Å². The van der Waals surface area contributed by atoms with E-state index in [1.165, 1.54) is 19.3 Å². The van der Waals surface area contributed by atoms with Gasteiger partial charge in [0, 0.05) is 11.7 Å². The third-order valence-electron chi connectivity index (χ3n) is 6.16. The molecule has 0 unspecified atom stereocenters. The van der Waals surface area contributed by atoms with Gasteiger partial charge in [0.05, 0.1) is 17.8 Å². The molecule has 5 heteroatoms. The molecule has 2 aliphatic rings. The summed E-state index contributed by atoms with van der Waals surface area (Å²) in [6.07, 6.45) is 6.38. The van der Waals surface area contributed by atoms with Crippen molar-refractivity contribution in [3.05, 3.63) is 0 Å². The molecule has 1 aliphatic carbocycles. The van der Waals surface area contributed by atoms with E-state index >= 15 is 0 Å². The fourth-order valence-electron chi connectivity index (χ4n) is 3.82. The van der Waals surface area contributed by atoms with Crippen LogP contribution < -0.4 is 0 Å². The van der Waals surface area contributed by atoms with E-state index in [2.05, 4.69) is 34.6 Å². The van der Waals surface area contributed by atoms with E-state index in [0.717, 1.165) is 12.8 Å². The Morgan fingerprint density at radius 1 is 1.13 bits per heavy atom. The van der Waals surface area contributed by atoms with E-state index in [9.17, 15) is 4.79 Å². The average molecular weight is 324 g/mol. The summed E-state index contributed by atoms with van der Waals surface area (Å²) in [5.41, 5.74) is -0.746. The van der Waals surface area contributed by atoms with Crippen molar-refractivity contribution in [1.29, 1.82) is 0 Å². The van der Waals surface area contributed by atoms with Gasteiger partial charge in [0.15, 0.2) is 0 Å². The van der Waals surface area contributed by atoms with Gasteiger partial charge in [0.1, 0.15) is 0 Å². The van der Waals surface area contributed by atoms with E-state index in [4.69, 9.17) is 14.0 Å². The first-order chi connectivity index (χ1) is 10.6. The Kier molecular flexibility index (Phi) is 5.52. The number of ether oxygens (including phenoxy) is 1. The van der Waals surface area contributed by atoms with Gasteiger partial charge in [0.2, 0.25) is 0 Å². The van der Waals surface area contributed by atoms with Crippen LogP contribution >= 0.6 is 0 Å². The van der Waals surface area contributed by atoms with E-state index in [-0.39, 0.29) is 29.6 Å². The lowest BCUT2D eigenvalue weighted by atomic mass is 9.48. The van der Waals surface area contributed by atoms with E-state index < -0.39 is 0 Å². The molecule has 0 amide bonds. The molecule has 0 spiro atoms. The summed E-state index contributed by atoms with van der Waals surface area (Å²) in [6.45, 7) is 12.7. The van der Waals surface area contributed by atoms with Crippen LogP contribution in [0.5, 0.6) is 0 Å². The largest absolute Gasteiger partial charge is 0.466 e. The van der Waals surface area contributed by atoms with Gasteiger partial charge in [-0.1, -0.05) is 39.0 Å². The SMILES string of the molecule is CCOC(=O)C[C@@](C)(B1OC(C)(C)C(C)(C)O1)C1CCCCC1. The summed E-state index contributed by atoms with van der Waals surface area (Å²) in [7, 11) is -0.361. The van der Waals surface area contributed by atoms with Crippen molar-refractivity contribution in [2.75, 3.05) is 6.61 Å². The van der Waals surface area contributed by atoms with Crippen LogP contribution in [0.1, 0.15) is 80.1 Å². The minimum Gasteiger partial charge on any atom is -0.466 e. The molecular weight excluding hydrogens is 291 g/mol. The molecule has 1 aliphatic heterocycles. The molecule has 1 saturated carbocycles. The lowest BCUT2D eigenvalue weighted by molar-refractivity contribution is -0.144. The summed E-state index contributed by atoms with van der Waals surface area (Å²) in [6, 6.07) is 0. The summed E-state index contributed by atoms with van der Waals surface area (Å²) in [4.78, 5) is 12.2. The second-order valence-electron chi connectivity index (χ2n) is 8.41. The molecule has 0 aromatic carbocycles. The van der Waals surface area contributed by atoms with Crippen LogP contribution in [0.4, 0.5) is 0 Å². The van der Waals surface area contributed by atoms with Crippen LogP contribution in [0.15, 0.2) is 0 Å². The molecule has 132 valence electrons. The summed E-state index contributed by atoms with van der Waals surface area (Å²) >= 11 is 0. The third-order valence-corrected chi connectivity index (χ3v) is 6.16. The minimum atomic E-state index is -0.373. The summed E-state index contributed by atoms with van der Waals surface area (Å²) < 4.78 is 17.9. The van der Waals surface area contributed by atoms with Crippen molar-refractivity contribution in [3.63, 3.8) is 0 Å². The first kappa shape index (κ1) is 18.8. The Balaban J connectivity index is 2.24. The quantitative estimate of drug-likeness (QED) is 0.556. The van der Waals surface area contributed by atoms with Crippen molar-refractivity contribution in [3.8, 4) is 0 Å². The maximum absolute atomic E-state index is 12.2. The maximum atomic E-state index is 12.2. The molecule has 1 saturated heterocycles. The molecule has 4 nitrogen and oxygen atoms in total. The lowest BCUT2D eigenvalue weighted by Crippen LogP contribution is -2.42. The predicted octanol–water partition coefficient (Wildman–Crippen LogP) is 4.37. The maximum Gasteiger partial charge on any atom is 0.465 e. The second-order valence-corrected chi connectivity index (χ2v) is 8.41. The van der Waals surface area contributed by atoms with Crippen molar-refractivity contribution in [1.82, 2.24) is 0 Å². The topological polar surface area (TPSA) is 44.8 Å². The van der Waals surface area contributed by atoms with Gasteiger partial charge in [-0.2, -0.15) is 0 Å². The first-order valence-corrected chi connectivity index (χ1v) is 9.13. The third kappa shape index (κ3) is 3.76. The Bertz CT molecular complexity index is 413. The number of carbonyl (C=O) groups is 1. The van der Waals surface area contributed by atoms with Crippen molar-refractivity contribution in [2.45, 2.75) is 96.6 Å². The molecule has 0 radical (unpaired) electrons. The second kappa shape index (κ2) is 6.75. The number of esters is 1. The van der Waals surface area contributed by atoms with Crippen LogP contribution in [-0.4, -0.2) is 30.9 Å². The molecule has 2 rings (SSSR count). The molecule has 0 aromatic heterocycles. The highest BCUT2D eigenvalue weighted by Gasteiger charge is 2.60. The number of hydrogen-bond acceptors (Lipinski definition) is 4. The Labute approximate surface area is 141 Å². The molecule has 0 bridgehead atoms. The fraction of sp³-hybridized carbons (Fsp3) is 0.944. The molecule has 0 aromatic rings. The average Bonchev–Trinajstić information content (AvgIpc) is 2.69. The molecule has 2 fully saturated rings. The van der Waals surface area contributed by atoms with E-state index in [1.54, 1.807) is 0 Å². The molecule has 1 heterocycles. The number of hydrogen-bond donors (Lipinski definition) is 0. The van der Waals surface area contributed by atoms with Crippen LogP contribution in [0, 0.1) is 5.92 Å². The minimum absolute atomic E-state index is 0.143. The Morgan fingerprint density at radius 2 is 1.65 bits per heavy atom. The predicted molar refractivity (Wildman–Crippen MR) is 92.3 cm³/mol. The number of rotatable bonds is 5. The monoisotopic (exact) mass is 324 g/mol. The van der Waals surface area contributed by atoms with Gasteiger partial charge in [-0.25, -0.2) is 0 Å². The van der Waals surface area contributed by atoms with Gasteiger partial charge in [0.25, 0.3) is 0 Å². The van der Waals surface area contributed by atoms with E-state index in [0.29, 0.717) is 18.9 Å². The van der Waals surface area contributed by atoms with Gasteiger partial charge in [-0.05, 0) is 40.5 Å². The van der Waals surface area contributed by atoms with Crippen LogP contribution in [0.25, 0.3) is 0 Å². The standard InChI is InChI=1S/C18H33BO4/c1-7-21-15(20)13-18(6,14-11-9-8-10-12-14)19-22-16(2,3)17(4,5)23-19/h14H,7-13H2,1-6H3/t18-/m1/s1. The zero-order valence-electron chi connectivity index (χ0n) is 15.7. The van der Waals surface area contributed by atoms with Crippen LogP contribution in [-0.2, 0) is 18.8 Å². The van der Waals surface area contributed by atoms with Gasteiger partial charge in [-0.3, -0.25) is 4.79 Å². The van der Waals surface area contributed by atoms with Gasteiger partial charge < -0.3 is 14.0 Å². The van der Waals surface area contributed by atoms with Crippen molar-refractivity contribution < 1.29 is 18.8 Å². The highest BCUT2D eigenvalue weighted by atomic mass is 16.7. The van der Waals surface area contributed by atoms with E-state index in [1.807, 2.05) is 6.92 Å². The smallest absolute Gasteiger partial charge is 0.465 e. The van der Waals surface area contributed by atoms with Crippen LogP contribution in [0.2, 0.25) is 5.31 Å². The van der Waals surface area contributed by atoms with Crippen molar-refractivity contribution >= 4 is 13.1 Å². The highest BCUT2D eigenvalue weighted by Crippen LogP contribution is 2.54. The molecular formula is C18H33BO4. The first-order valence-electron chi connectivity index (χ1n) is 9.13. The highest BCUT2D eigenvalue weighted by molar-refractivity contribution is 6.50. The fourth-order valence-corrected chi connectivity index (χ4v) is 3.82. The summed E-state index contributed by atoms with van der Waals surface area (Å²) in [5, 5.41) is -0.336. The number of carbonyl (C=O) groups excluding carboxylic acids is 1. The normalized spacial score (nSPS) is 26.8. The zero-order chi connectivity index (χ0) is 17.3. The van der Waals surface area contributed by atoms with Crippen molar-refractivity contribution in [2.24, 2.45) is 5.92 Å². The molecule has 23 heavy (non-hydrogen) atoms. The van der Waals surface area contributed by atoms with Gasteiger partial charge in [-0.15, -0.1) is 0 Å². The Morgan fingerprint density at radius 3 is 2.13 bits per heavy atom. The summed E-state index contributed by atoms with van der Waals surface area (Å²) in [5.74, 6) is 0.297. The Hall–Kier alpha value is -0.545.